The van der Waals surface area contributed by atoms with Gasteiger partial charge in [-0.3, -0.25) is 4.79 Å². The first-order valence-corrected chi connectivity index (χ1v) is 4.75. The van der Waals surface area contributed by atoms with Crippen molar-refractivity contribution in [3.05, 3.63) is 0 Å². The van der Waals surface area contributed by atoms with Crippen molar-refractivity contribution in [3.63, 3.8) is 0 Å². The zero-order chi connectivity index (χ0) is 8.77. The van der Waals surface area contributed by atoms with Crippen molar-refractivity contribution < 1.29 is 9.53 Å². The van der Waals surface area contributed by atoms with Crippen LogP contribution in [0.15, 0.2) is 0 Å². The molecular weight excluding hydrogens is 152 g/mol. The molecule has 0 bridgehead atoms. The van der Waals surface area contributed by atoms with E-state index < -0.39 is 0 Å². The molecule has 68 valence electrons. The van der Waals surface area contributed by atoms with E-state index in [0.717, 1.165) is 19.3 Å². The number of ether oxygens (including phenoxy) is 1. The normalized spacial score (nSPS) is 46.7. The van der Waals surface area contributed by atoms with Gasteiger partial charge < -0.3 is 4.74 Å². The second kappa shape index (κ2) is 2.56. The third kappa shape index (κ3) is 0.939. The molecule has 2 heteroatoms. The minimum Gasteiger partial charge on any atom is -0.378 e. The van der Waals surface area contributed by atoms with Crippen molar-refractivity contribution in [2.75, 3.05) is 7.11 Å². The molecule has 2 rings (SSSR count). The Hall–Kier alpha value is -0.370. The molecule has 0 N–H and O–H groups in total. The lowest BCUT2D eigenvalue weighted by molar-refractivity contribution is -0.175. The summed E-state index contributed by atoms with van der Waals surface area (Å²) in [4.78, 5) is 11.6. The zero-order valence-corrected chi connectivity index (χ0v) is 7.80. The predicted octanol–water partition coefficient (Wildman–Crippen LogP) is 1.78. The maximum Gasteiger partial charge on any atom is 0.139 e. The Morgan fingerprint density at radius 2 is 2.33 bits per heavy atom. The maximum atomic E-state index is 11.6. The number of hydrogen-bond donors (Lipinski definition) is 0. The van der Waals surface area contributed by atoms with Crippen LogP contribution in [-0.4, -0.2) is 18.5 Å². The summed E-state index contributed by atoms with van der Waals surface area (Å²) in [5.74, 6) is 1.29. The Morgan fingerprint density at radius 3 is 2.92 bits per heavy atom. The number of ketones is 1. The van der Waals surface area contributed by atoms with Gasteiger partial charge in [0.15, 0.2) is 0 Å². The molecule has 0 aliphatic heterocycles. The van der Waals surface area contributed by atoms with Crippen LogP contribution in [0.25, 0.3) is 0 Å². The zero-order valence-electron chi connectivity index (χ0n) is 7.80. The van der Waals surface area contributed by atoms with Gasteiger partial charge in [-0.25, -0.2) is 0 Å². The quantitative estimate of drug-likeness (QED) is 0.596. The first-order valence-electron chi connectivity index (χ1n) is 4.75. The number of carbonyl (C=O) groups excluding carboxylic acids is 1. The SMILES string of the molecule is COC1(C)CC2CCCC(=O)C21. The molecule has 2 aliphatic rings. The average Bonchev–Trinajstić information content (AvgIpc) is 2.01. The number of hydrogen-bond acceptors (Lipinski definition) is 2. The highest BCUT2D eigenvalue weighted by molar-refractivity contribution is 5.84. The molecule has 2 saturated carbocycles. The van der Waals surface area contributed by atoms with Crippen LogP contribution in [0.3, 0.4) is 0 Å². The first-order chi connectivity index (χ1) is 5.67. The largest absolute Gasteiger partial charge is 0.378 e. The molecule has 0 amide bonds. The Balaban J connectivity index is 2.13. The van der Waals surface area contributed by atoms with Crippen LogP contribution in [0.4, 0.5) is 0 Å². The van der Waals surface area contributed by atoms with Crippen molar-refractivity contribution in [2.45, 2.75) is 38.2 Å². The van der Waals surface area contributed by atoms with Gasteiger partial charge in [-0.2, -0.15) is 0 Å². The molecule has 2 nitrogen and oxygen atoms in total. The van der Waals surface area contributed by atoms with Gasteiger partial charge in [0.25, 0.3) is 0 Å². The highest BCUT2D eigenvalue weighted by atomic mass is 16.5. The summed E-state index contributed by atoms with van der Waals surface area (Å²) in [7, 11) is 1.72. The Labute approximate surface area is 73.3 Å². The monoisotopic (exact) mass is 168 g/mol. The number of carbonyl (C=O) groups is 1. The van der Waals surface area contributed by atoms with Crippen LogP contribution >= 0.6 is 0 Å². The van der Waals surface area contributed by atoms with Crippen molar-refractivity contribution in [2.24, 2.45) is 11.8 Å². The predicted molar refractivity (Wildman–Crippen MR) is 45.9 cm³/mol. The van der Waals surface area contributed by atoms with Crippen molar-refractivity contribution in [3.8, 4) is 0 Å². The summed E-state index contributed by atoms with van der Waals surface area (Å²) < 4.78 is 5.39. The van der Waals surface area contributed by atoms with E-state index in [1.165, 1.54) is 6.42 Å². The topological polar surface area (TPSA) is 26.3 Å². The summed E-state index contributed by atoms with van der Waals surface area (Å²) in [6.45, 7) is 2.07. The van der Waals surface area contributed by atoms with Gasteiger partial charge in [-0.15, -0.1) is 0 Å². The van der Waals surface area contributed by atoms with E-state index in [-0.39, 0.29) is 11.5 Å². The number of Topliss-reactive ketones (excluding diaryl/α,β-unsaturated/α-hetero) is 1. The highest BCUT2D eigenvalue weighted by Gasteiger charge is 2.55. The molecule has 0 aromatic carbocycles. The summed E-state index contributed by atoms with van der Waals surface area (Å²) in [6, 6.07) is 0. The molecule has 3 unspecified atom stereocenters. The lowest BCUT2D eigenvalue weighted by atomic mass is 9.56. The minimum absolute atomic E-state index is 0.123. The number of rotatable bonds is 1. The Kier molecular flexibility index (Phi) is 1.76. The molecule has 2 aliphatic carbocycles. The summed E-state index contributed by atoms with van der Waals surface area (Å²) >= 11 is 0. The van der Waals surface area contributed by atoms with Gasteiger partial charge in [0.05, 0.1) is 5.60 Å². The van der Waals surface area contributed by atoms with Crippen LogP contribution in [0.2, 0.25) is 0 Å². The molecule has 0 saturated heterocycles. The molecule has 0 aromatic rings. The van der Waals surface area contributed by atoms with Crippen molar-refractivity contribution >= 4 is 5.78 Å². The fourth-order valence-electron chi connectivity index (χ4n) is 2.88. The van der Waals surface area contributed by atoms with Gasteiger partial charge in [0.1, 0.15) is 5.78 Å². The molecule has 2 fully saturated rings. The Morgan fingerprint density at radius 1 is 1.58 bits per heavy atom. The van der Waals surface area contributed by atoms with Crippen LogP contribution in [0.5, 0.6) is 0 Å². The van der Waals surface area contributed by atoms with Crippen LogP contribution in [0, 0.1) is 11.8 Å². The van der Waals surface area contributed by atoms with Crippen LogP contribution in [-0.2, 0) is 9.53 Å². The maximum absolute atomic E-state index is 11.6. The number of methoxy groups -OCH3 is 1. The lowest BCUT2D eigenvalue weighted by Crippen LogP contribution is -2.58. The number of fused-ring (bicyclic) bond motifs is 1. The van der Waals surface area contributed by atoms with E-state index in [1.54, 1.807) is 7.11 Å². The van der Waals surface area contributed by atoms with E-state index >= 15 is 0 Å². The lowest BCUT2D eigenvalue weighted by Gasteiger charge is -2.53. The van der Waals surface area contributed by atoms with Crippen LogP contribution in [0.1, 0.15) is 32.6 Å². The van der Waals surface area contributed by atoms with E-state index in [9.17, 15) is 4.79 Å². The first kappa shape index (κ1) is 8.24. The molecule has 0 aromatic heterocycles. The van der Waals surface area contributed by atoms with E-state index in [4.69, 9.17) is 4.74 Å². The summed E-state index contributed by atoms with van der Waals surface area (Å²) in [5, 5.41) is 0. The fraction of sp³-hybridized carbons (Fsp3) is 0.900. The van der Waals surface area contributed by atoms with E-state index in [2.05, 4.69) is 6.92 Å². The van der Waals surface area contributed by atoms with E-state index in [0.29, 0.717) is 11.7 Å². The Bertz CT molecular complexity index is 212. The average molecular weight is 168 g/mol. The van der Waals surface area contributed by atoms with Crippen molar-refractivity contribution in [1.29, 1.82) is 0 Å². The molecule has 0 spiro atoms. The molecule has 0 radical (unpaired) electrons. The second-order valence-electron chi connectivity index (χ2n) is 4.32. The smallest absolute Gasteiger partial charge is 0.139 e. The fourth-order valence-corrected chi connectivity index (χ4v) is 2.88. The molecular formula is C10H16O2. The summed E-state index contributed by atoms with van der Waals surface area (Å²) in [6.07, 6.45) is 4.19. The molecule has 12 heavy (non-hydrogen) atoms. The van der Waals surface area contributed by atoms with Crippen molar-refractivity contribution in [1.82, 2.24) is 0 Å². The summed E-state index contributed by atoms with van der Waals surface area (Å²) in [5.41, 5.74) is -0.123. The van der Waals surface area contributed by atoms with Gasteiger partial charge in [0.2, 0.25) is 0 Å². The van der Waals surface area contributed by atoms with Gasteiger partial charge in [0, 0.05) is 19.4 Å². The van der Waals surface area contributed by atoms with Gasteiger partial charge >= 0.3 is 0 Å². The molecule has 0 heterocycles. The third-order valence-electron chi connectivity index (χ3n) is 3.61. The molecule has 3 atom stereocenters. The standard InChI is InChI=1S/C10H16O2/c1-10(12-2)6-7-4-3-5-8(11)9(7)10/h7,9H,3-6H2,1-2H3. The van der Waals surface area contributed by atoms with Gasteiger partial charge in [-0.05, 0) is 32.1 Å². The second-order valence-corrected chi connectivity index (χ2v) is 4.32. The minimum atomic E-state index is -0.123. The van der Waals surface area contributed by atoms with Crippen LogP contribution < -0.4 is 0 Å². The van der Waals surface area contributed by atoms with Gasteiger partial charge in [-0.1, -0.05) is 0 Å². The highest BCUT2D eigenvalue weighted by Crippen LogP contribution is 2.51. The van der Waals surface area contributed by atoms with E-state index in [1.807, 2.05) is 0 Å². The third-order valence-corrected chi connectivity index (χ3v) is 3.61.